The fraction of sp³-hybridized carbons (Fsp3) is 0.571. The molecule has 3 rings (SSSR count). The minimum Gasteiger partial charge on any atom is -0.508 e. The van der Waals surface area contributed by atoms with Crippen LogP contribution in [0.2, 0.25) is 0 Å². The summed E-state index contributed by atoms with van der Waals surface area (Å²) in [5.74, 6) is 1.04. The van der Waals surface area contributed by atoms with Crippen LogP contribution in [0, 0.1) is 0 Å². The fourth-order valence-electron chi connectivity index (χ4n) is 2.73. The first-order valence-electron chi connectivity index (χ1n) is 6.72. The van der Waals surface area contributed by atoms with Crippen LogP contribution >= 0.6 is 0 Å². The predicted molar refractivity (Wildman–Crippen MR) is 71.6 cm³/mol. The first-order chi connectivity index (χ1) is 9.24. The highest BCUT2D eigenvalue weighted by molar-refractivity contribution is 5.44. The molecule has 1 aromatic carbocycles. The third-order valence-electron chi connectivity index (χ3n) is 3.78. The third-order valence-corrected chi connectivity index (χ3v) is 3.78. The molecule has 2 N–H and O–H groups in total. The Morgan fingerprint density at radius 1 is 1.47 bits per heavy atom. The summed E-state index contributed by atoms with van der Waals surface area (Å²) in [7, 11) is 2.09. The summed E-state index contributed by atoms with van der Waals surface area (Å²) in [6.45, 7) is 4.14. The normalized spacial score (nSPS) is 26.2. The molecular formula is C14H20N2O3. The molecule has 5 nitrogen and oxygen atoms in total. The first kappa shape index (κ1) is 12.7. The Balaban J connectivity index is 1.67. The van der Waals surface area contributed by atoms with Gasteiger partial charge in [-0.15, -0.1) is 0 Å². The Bertz CT molecular complexity index is 446. The quantitative estimate of drug-likeness (QED) is 0.843. The molecule has 0 bridgehead atoms. The van der Waals surface area contributed by atoms with E-state index in [9.17, 15) is 5.11 Å². The van der Waals surface area contributed by atoms with Crippen LogP contribution < -0.4 is 10.1 Å². The number of nitrogens with zero attached hydrogens (tertiary/aromatic N) is 1. The number of nitrogens with one attached hydrogen (secondary N) is 1. The molecule has 0 saturated carbocycles. The van der Waals surface area contributed by atoms with E-state index in [1.807, 2.05) is 6.07 Å². The van der Waals surface area contributed by atoms with Crippen molar-refractivity contribution in [3.8, 4) is 11.5 Å². The standard InChI is InChI=1S/C14H20N2O3/c1-16(8-11-7-15-4-5-18-11)13-9-19-14-6-10(17)2-3-12(13)14/h2-3,6,11,13,15,17H,4-5,7-9H2,1H3. The van der Waals surface area contributed by atoms with Gasteiger partial charge >= 0.3 is 0 Å². The lowest BCUT2D eigenvalue weighted by molar-refractivity contribution is 0.00117. The molecule has 0 aliphatic carbocycles. The monoisotopic (exact) mass is 264 g/mol. The van der Waals surface area contributed by atoms with Gasteiger partial charge in [0, 0.05) is 31.3 Å². The van der Waals surface area contributed by atoms with Gasteiger partial charge in [0.1, 0.15) is 18.1 Å². The number of aromatic hydroxyl groups is 1. The number of fused-ring (bicyclic) bond motifs is 1. The van der Waals surface area contributed by atoms with Crippen LogP contribution in [0.4, 0.5) is 0 Å². The first-order valence-corrected chi connectivity index (χ1v) is 6.72. The zero-order chi connectivity index (χ0) is 13.2. The number of phenolic OH excluding ortho intramolecular Hbond substituents is 1. The number of morpholine rings is 1. The van der Waals surface area contributed by atoms with Gasteiger partial charge in [-0.1, -0.05) is 0 Å². The summed E-state index contributed by atoms with van der Waals surface area (Å²) in [6, 6.07) is 5.58. The van der Waals surface area contributed by atoms with Crippen LogP contribution in [0.1, 0.15) is 11.6 Å². The van der Waals surface area contributed by atoms with E-state index >= 15 is 0 Å². The van der Waals surface area contributed by atoms with Gasteiger partial charge in [-0.25, -0.2) is 0 Å². The maximum atomic E-state index is 9.46. The molecule has 2 atom stereocenters. The molecule has 1 aromatic rings. The lowest BCUT2D eigenvalue weighted by Gasteiger charge is -2.30. The SMILES string of the molecule is CN(CC1CNCCO1)C1COc2cc(O)ccc21. The van der Waals surface area contributed by atoms with Gasteiger partial charge < -0.3 is 19.9 Å². The average molecular weight is 264 g/mol. The van der Waals surface area contributed by atoms with Gasteiger partial charge in [0.2, 0.25) is 0 Å². The molecule has 2 aliphatic heterocycles. The average Bonchev–Trinajstić information content (AvgIpc) is 2.82. The Hall–Kier alpha value is -1.30. The maximum Gasteiger partial charge on any atom is 0.127 e. The highest BCUT2D eigenvalue weighted by Crippen LogP contribution is 2.37. The van der Waals surface area contributed by atoms with E-state index in [2.05, 4.69) is 17.3 Å². The summed E-state index contributed by atoms with van der Waals surface area (Å²) in [5.41, 5.74) is 1.14. The lowest BCUT2D eigenvalue weighted by Crippen LogP contribution is -2.45. The molecule has 1 saturated heterocycles. The van der Waals surface area contributed by atoms with Crippen molar-refractivity contribution in [2.75, 3.05) is 39.9 Å². The van der Waals surface area contributed by atoms with Crippen molar-refractivity contribution in [3.05, 3.63) is 23.8 Å². The molecule has 2 unspecified atom stereocenters. The van der Waals surface area contributed by atoms with Gasteiger partial charge in [-0.3, -0.25) is 4.90 Å². The minimum atomic E-state index is 0.236. The molecule has 0 radical (unpaired) electrons. The Labute approximate surface area is 113 Å². The number of benzene rings is 1. The van der Waals surface area contributed by atoms with Gasteiger partial charge in [0.15, 0.2) is 0 Å². The van der Waals surface area contributed by atoms with Gasteiger partial charge in [0.05, 0.1) is 18.8 Å². The topological polar surface area (TPSA) is 54.0 Å². The summed E-state index contributed by atoms with van der Waals surface area (Å²) < 4.78 is 11.4. The maximum absolute atomic E-state index is 9.46. The number of rotatable bonds is 3. The molecule has 5 heteroatoms. The van der Waals surface area contributed by atoms with E-state index in [4.69, 9.17) is 9.47 Å². The van der Waals surface area contributed by atoms with Crippen molar-refractivity contribution >= 4 is 0 Å². The molecule has 19 heavy (non-hydrogen) atoms. The minimum absolute atomic E-state index is 0.236. The van der Waals surface area contributed by atoms with Gasteiger partial charge in [0.25, 0.3) is 0 Å². The zero-order valence-corrected chi connectivity index (χ0v) is 11.1. The van der Waals surface area contributed by atoms with E-state index in [1.54, 1.807) is 12.1 Å². The summed E-state index contributed by atoms with van der Waals surface area (Å²) in [4.78, 5) is 2.26. The number of hydrogen-bond acceptors (Lipinski definition) is 5. The van der Waals surface area contributed by atoms with Crippen molar-refractivity contribution < 1.29 is 14.6 Å². The van der Waals surface area contributed by atoms with Crippen molar-refractivity contribution in [1.82, 2.24) is 10.2 Å². The molecule has 0 aromatic heterocycles. The second-order valence-corrected chi connectivity index (χ2v) is 5.19. The van der Waals surface area contributed by atoms with Crippen molar-refractivity contribution in [2.45, 2.75) is 12.1 Å². The van der Waals surface area contributed by atoms with Crippen molar-refractivity contribution in [2.24, 2.45) is 0 Å². The van der Waals surface area contributed by atoms with Crippen LogP contribution in [-0.2, 0) is 4.74 Å². The summed E-state index contributed by atoms with van der Waals surface area (Å²) in [6.07, 6.45) is 0.236. The van der Waals surface area contributed by atoms with Crippen molar-refractivity contribution in [3.63, 3.8) is 0 Å². The molecule has 0 spiro atoms. The number of phenols is 1. The smallest absolute Gasteiger partial charge is 0.127 e. The van der Waals surface area contributed by atoms with E-state index in [0.29, 0.717) is 6.61 Å². The third kappa shape index (κ3) is 2.68. The van der Waals surface area contributed by atoms with Crippen LogP contribution in [0.5, 0.6) is 11.5 Å². The second kappa shape index (κ2) is 5.36. The second-order valence-electron chi connectivity index (χ2n) is 5.19. The zero-order valence-electron chi connectivity index (χ0n) is 11.1. The van der Waals surface area contributed by atoms with Crippen LogP contribution in [0.3, 0.4) is 0 Å². The van der Waals surface area contributed by atoms with E-state index in [1.165, 1.54) is 0 Å². The Kier molecular flexibility index (Phi) is 3.59. The van der Waals surface area contributed by atoms with E-state index in [-0.39, 0.29) is 17.9 Å². The summed E-state index contributed by atoms with van der Waals surface area (Å²) >= 11 is 0. The molecular weight excluding hydrogens is 244 g/mol. The number of ether oxygens (including phenoxy) is 2. The Morgan fingerprint density at radius 2 is 2.37 bits per heavy atom. The molecule has 2 aliphatic rings. The van der Waals surface area contributed by atoms with E-state index < -0.39 is 0 Å². The van der Waals surface area contributed by atoms with Crippen LogP contribution in [0.15, 0.2) is 18.2 Å². The summed E-state index contributed by atoms with van der Waals surface area (Å²) in [5, 5.41) is 12.8. The lowest BCUT2D eigenvalue weighted by atomic mass is 10.1. The highest BCUT2D eigenvalue weighted by atomic mass is 16.5. The molecule has 104 valence electrons. The number of hydrogen-bond donors (Lipinski definition) is 2. The predicted octanol–water partition coefficient (Wildman–Crippen LogP) is 0.746. The van der Waals surface area contributed by atoms with Crippen LogP contribution in [0.25, 0.3) is 0 Å². The number of likely N-dealkylation sites (N-methyl/N-ethyl adjacent to an activating group) is 1. The largest absolute Gasteiger partial charge is 0.508 e. The van der Waals surface area contributed by atoms with E-state index in [0.717, 1.165) is 37.6 Å². The van der Waals surface area contributed by atoms with Crippen LogP contribution in [-0.4, -0.2) is 56.0 Å². The molecule has 0 amide bonds. The van der Waals surface area contributed by atoms with Gasteiger partial charge in [-0.2, -0.15) is 0 Å². The molecule has 1 fully saturated rings. The van der Waals surface area contributed by atoms with Gasteiger partial charge in [-0.05, 0) is 19.2 Å². The molecule has 2 heterocycles. The highest BCUT2D eigenvalue weighted by Gasteiger charge is 2.29. The van der Waals surface area contributed by atoms with Crippen molar-refractivity contribution in [1.29, 1.82) is 0 Å². The fourth-order valence-corrected chi connectivity index (χ4v) is 2.73. The Morgan fingerprint density at radius 3 is 3.16 bits per heavy atom.